The molecule has 0 aromatic rings. The molecule has 1 aliphatic heterocycles. The van der Waals surface area contributed by atoms with Crippen molar-refractivity contribution < 1.29 is 5.11 Å². The molecule has 1 heterocycles. The highest BCUT2D eigenvalue weighted by molar-refractivity contribution is 5.04. The molecule has 1 unspecified atom stereocenters. The predicted octanol–water partition coefficient (Wildman–Crippen LogP) is 2.99. The number of nitrogens with zero attached hydrogens (tertiary/aromatic N) is 1. The van der Waals surface area contributed by atoms with Crippen LogP contribution in [0, 0.1) is 0 Å². The van der Waals surface area contributed by atoms with Gasteiger partial charge < -0.3 is 15.3 Å². The minimum absolute atomic E-state index is 0.202. The van der Waals surface area contributed by atoms with E-state index in [4.69, 9.17) is 5.11 Å². The van der Waals surface area contributed by atoms with Gasteiger partial charge in [-0.15, -0.1) is 0 Å². The van der Waals surface area contributed by atoms with Crippen molar-refractivity contribution in [2.75, 3.05) is 13.2 Å². The van der Waals surface area contributed by atoms with Crippen molar-refractivity contribution >= 4 is 0 Å². The summed E-state index contributed by atoms with van der Waals surface area (Å²) in [6, 6.07) is 0. The molecule has 1 atom stereocenters. The number of aliphatic hydroxyl groups is 1. The van der Waals surface area contributed by atoms with Crippen molar-refractivity contribution in [2.45, 2.75) is 58.0 Å². The van der Waals surface area contributed by atoms with Gasteiger partial charge in [-0.3, -0.25) is 0 Å². The molecule has 0 amide bonds. The molecule has 0 spiro atoms. The monoisotopic (exact) mass is 252 g/mol. The van der Waals surface area contributed by atoms with Gasteiger partial charge in [0.05, 0.1) is 6.61 Å². The summed E-state index contributed by atoms with van der Waals surface area (Å²) in [7, 11) is 0. The van der Waals surface area contributed by atoms with Crippen molar-refractivity contribution in [3.8, 4) is 0 Å². The minimum Gasteiger partial charge on any atom is -0.395 e. The average molecular weight is 252 g/mol. The normalized spacial score (nSPS) is 18.8. The first-order valence-electron chi connectivity index (χ1n) is 7.34. The minimum atomic E-state index is 0.202. The van der Waals surface area contributed by atoms with E-state index >= 15 is 0 Å². The standard InChI is InChI=1S/C15H28N2O/c1-2-3-4-5-6-7-8-9-10-15-16-11-12-17(15)13-14-18/h9-12,15-16,18H,2-8,13-14H2,1H3/b10-9+. The van der Waals surface area contributed by atoms with E-state index in [2.05, 4.69) is 29.3 Å². The number of β-amino-alcohol motifs (C(OH)–C–C–N with tert-alkyl or cyclic N) is 1. The number of allylic oxidation sites excluding steroid dienone is 1. The van der Waals surface area contributed by atoms with Gasteiger partial charge in [-0.25, -0.2) is 0 Å². The molecule has 0 radical (unpaired) electrons. The number of aliphatic hydroxyl groups excluding tert-OH is 1. The second kappa shape index (κ2) is 10.0. The Balaban J connectivity index is 2.02. The molecule has 0 saturated carbocycles. The molecule has 0 aromatic carbocycles. The van der Waals surface area contributed by atoms with Gasteiger partial charge in [-0.2, -0.15) is 0 Å². The number of rotatable bonds is 10. The number of unbranched alkanes of at least 4 members (excludes halogenated alkanes) is 6. The van der Waals surface area contributed by atoms with Gasteiger partial charge in [0.1, 0.15) is 6.17 Å². The van der Waals surface area contributed by atoms with Crippen LogP contribution in [0.25, 0.3) is 0 Å². The summed E-state index contributed by atoms with van der Waals surface area (Å²) in [6.45, 7) is 3.15. The van der Waals surface area contributed by atoms with E-state index in [0.29, 0.717) is 6.54 Å². The summed E-state index contributed by atoms with van der Waals surface area (Å²) in [5.41, 5.74) is 0. The van der Waals surface area contributed by atoms with Crippen LogP contribution in [0.2, 0.25) is 0 Å². The molecule has 3 nitrogen and oxygen atoms in total. The summed E-state index contributed by atoms with van der Waals surface area (Å²) >= 11 is 0. The Kier molecular flexibility index (Phi) is 8.40. The molecule has 0 saturated heterocycles. The van der Waals surface area contributed by atoms with E-state index < -0.39 is 0 Å². The molecular weight excluding hydrogens is 224 g/mol. The third-order valence-corrected chi connectivity index (χ3v) is 3.29. The molecule has 0 aromatic heterocycles. The van der Waals surface area contributed by atoms with Crippen molar-refractivity contribution in [2.24, 2.45) is 0 Å². The van der Waals surface area contributed by atoms with Crippen LogP contribution in [0.5, 0.6) is 0 Å². The molecule has 18 heavy (non-hydrogen) atoms. The van der Waals surface area contributed by atoms with Crippen LogP contribution in [0.1, 0.15) is 51.9 Å². The quantitative estimate of drug-likeness (QED) is 0.463. The van der Waals surface area contributed by atoms with E-state index in [-0.39, 0.29) is 12.8 Å². The first kappa shape index (κ1) is 15.1. The van der Waals surface area contributed by atoms with Gasteiger partial charge in [0.25, 0.3) is 0 Å². The van der Waals surface area contributed by atoms with Crippen molar-refractivity contribution in [3.63, 3.8) is 0 Å². The van der Waals surface area contributed by atoms with Crippen LogP contribution >= 0.6 is 0 Å². The fourth-order valence-electron chi connectivity index (χ4n) is 2.19. The first-order chi connectivity index (χ1) is 8.88. The summed E-state index contributed by atoms with van der Waals surface area (Å²) in [5.74, 6) is 0. The highest BCUT2D eigenvalue weighted by Crippen LogP contribution is 2.09. The summed E-state index contributed by atoms with van der Waals surface area (Å²) < 4.78 is 0. The van der Waals surface area contributed by atoms with Gasteiger partial charge >= 0.3 is 0 Å². The maximum absolute atomic E-state index is 8.93. The smallest absolute Gasteiger partial charge is 0.118 e. The fourth-order valence-corrected chi connectivity index (χ4v) is 2.19. The lowest BCUT2D eigenvalue weighted by Gasteiger charge is -2.21. The maximum Gasteiger partial charge on any atom is 0.118 e. The predicted molar refractivity (Wildman–Crippen MR) is 77.0 cm³/mol. The summed E-state index contributed by atoms with van der Waals surface area (Å²) in [4.78, 5) is 2.11. The second-order valence-electron chi connectivity index (χ2n) is 4.87. The molecule has 3 heteroatoms. The van der Waals surface area contributed by atoms with Crippen LogP contribution in [0.15, 0.2) is 24.6 Å². The highest BCUT2D eigenvalue weighted by atomic mass is 16.3. The van der Waals surface area contributed by atoms with Gasteiger partial charge in [-0.05, 0) is 18.9 Å². The Morgan fingerprint density at radius 2 is 2.00 bits per heavy atom. The average Bonchev–Trinajstić information content (AvgIpc) is 2.81. The largest absolute Gasteiger partial charge is 0.395 e. The van der Waals surface area contributed by atoms with Crippen LogP contribution in [0.4, 0.5) is 0 Å². The molecule has 1 rings (SSSR count). The van der Waals surface area contributed by atoms with E-state index in [0.717, 1.165) is 6.42 Å². The molecule has 0 aliphatic carbocycles. The Morgan fingerprint density at radius 3 is 2.78 bits per heavy atom. The molecule has 1 aliphatic rings. The van der Waals surface area contributed by atoms with Crippen LogP contribution in [-0.4, -0.2) is 29.3 Å². The molecule has 104 valence electrons. The third kappa shape index (κ3) is 6.10. The maximum atomic E-state index is 8.93. The zero-order valence-electron chi connectivity index (χ0n) is 11.6. The molecule has 0 fully saturated rings. The third-order valence-electron chi connectivity index (χ3n) is 3.29. The Morgan fingerprint density at radius 1 is 1.22 bits per heavy atom. The lowest BCUT2D eigenvalue weighted by molar-refractivity contribution is 0.220. The second-order valence-corrected chi connectivity index (χ2v) is 4.87. The molecule has 0 bridgehead atoms. The lowest BCUT2D eigenvalue weighted by atomic mass is 10.1. The lowest BCUT2D eigenvalue weighted by Crippen LogP contribution is -2.35. The van der Waals surface area contributed by atoms with Crippen molar-refractivity contribution in [3.05, 3.63) is 24.6 Å². The Hall–Kier alpha value is -0.960. The van der Waals surface area contributed by atoms with Crippen LogP contribution < -0.4 is 5.32 Å². The number of hydrogen-bond donors (Lipinski definition) is 2. The van der Waals surface area contributed by atoms with Crippen LogP contribution in [-0.2, 0) is 0 Å². The Labute approximate surface area is 112 Å². The highest BCUT2D eigenvalue weighted by Gasteiger charge is 2.13. The van der Waals surface area contributed by atoms with E-state index in [9.17, 15) is 0 Å². The number of hydrogen-bond acceptors (Lipinski definition) is 3. The van der Waals surface area contributed by atoms with E-state index in [1.807, 2.05) is 12.4 Å². The summed E-state index contributed by atoms with van der Waals surface area (Å²) in [5, 5.41) is 12.2. The Bertz CT molecular complexity index is 251. The zero-order valence-corrected chi connectivity index (χ0v) is 11.6. The SMILES string of the molecule is CCCCCCCC/C=C/C1NC=CN1CCO. The zero-order chi connectivity index (χ0) is 13.1. The van der Waals surface area contributed by atoms with Gasteiger partial charge in [0, 0.05) is 18.9 Å². The van der Waals surface area contributed by atoms with Gasteiger partial charge in [0.15, 0.2) is 0 Å². The summed E-state index contributed by atoms with van der Waals surface area (Å²) in [6.07, 6.45) is 17.9. The topological polar surface area (TPSA) is 35.5 Å². The van der Waals surface area contributed by atoms with Crippen molar-refractivity contribution in [1.29, 1.82) is 0 Å². The van der Waals surface area contributed by atoms with Crippen molar-refractivity contribution in [1.82, 2.24) is 10.2 Å². The van der Waals surface area contributed by atoms with Gasteiger partial charge in [-0.1, -0.05) is 45.1 Å². The first-order valence-corrected chi connectivity index (χ1v) is 7.34. The fraction of sp³-hybridized carbons (Fsp3) is 0.733. The molecule has 2 N–H and O–H groups in total. The number of nitrogens with one attached hydrogen (secondary N) is 1. The molecular formula is C15H28N2O. The van der Waals surface area contributed by atoms with Crippen LogP contribution in [0.3, 0.4) is 0 Å². The van der Waals surface area contributed by atoms with E-state index in [1.54, 1.807) is 0 Å². The van der Waals surface area contributed by atoms with E-state index in [1.165, 1.54) is 38.5 Å². The van der Waals surface area contributed by atoms with Gasteiger partial charge in [0.2, 0.25) is 0 Å².